The van der Waals surface area contributed by atoms with Gasteiger partial charge in [0.1, 0.15) is 6.04 Å². The van der Waals surface area contributed by atoms with Gasteiger partial charge >= 0.3 is 5.97 Å². The Labute approximate surface area is 134 Å². The van der Waals surface area contributed by atoms with Crippen molar-refractivity contribution in [2.45, 2.75) is 31.8 Å². The minimum Gasteiger partial charge on any atom is -0.480 e. The van der Waals surface area contributed by atoms with Crippen LogP contribution in [0.25, 0.3) is 0 Å². The summed E-state index contributed by atoms with van der Waals surface area (Å²) in [5, 5.41) is 11.6. The largest absolute Gasteiger partial charge is 0.480 e. The molecule has 0 bridgehead atoms. The van der Waals surface area contributed by atoms with Gasteiger partial charge in [-0.2, -0.15) is 0 Å². The number of carbonyl (C=O) groups excluding carboxylic acids is 2. The molecule has 7 nitrogen and oxygen atoms in total. The first-order valence-electron chi connectivity index (χ1n) is 7.10. The zero-order valence-electron chi connectivity index (χ0n) is 12.6. The summed E-state index contributed by atoms with van der Waals surface area (Å²) in [5.41, 5.74) is 0. The molecule has 0 aromatic heterocycles. The topological polar surface area (TPSA) is 95.9 Å². The van der Waals surface area contributed by atoms with Crippen molar-refractivity contribution in [3.05, 3.63) is 12.7 Å². The summed E-state index contributed by atoms with van der Waals surface area (Å²) in [6, 6.07) is -1.76. The van der Waals surface area contributed by atoms with Gasteiger partial charge < -0.3 is 20.1 Å². The van der Waals surface area contributed by atoms with E-state index in [0.29, 0.717) is 24.5 Å². The van der Waals surface area contributed by atoms with Crippen molar-refractivity contribution in [2.24, 2.45) is 0 Å². The van der Waals surface area contributed by atoms with E-state index in [1.54, 1.807) is 0 Å². The summed E-state index contributed by atoms with van der Waals surface area (Å²) in [5.74, 6) is -0.774. The van der Waals surface area contributed by atoms with Crippen molar-refractivity contribution in [3.63, 3.8) is 0 Å². The molecule has 0 aromatic carbocycles. The second-order valence-electron chi connectivity index (χ2n) is 4.85. The van der Waals surface area contributed by atoms with Gasteiger partial charge in [-0.25, -0.2) is 4.79 Å². The Bertz CT molecular complexity index is 429. The highest BCUT2D eigenvalue weighted by molar-refractivity contribution is 7.99. The number of hydrogen-bond acceptors (Lipinski definition) is 5. The molecule has 2 N–H and O–H groups in total. The van der Waals surface area contributed by atoms with Gasteiger partial charge in [0, 0.05) is 12.2 Å². The van der Waals surface area contributed by atoms with Crippen LogP contribution in [0.3, 0.4) is 0 Å². The van der Waals surface area contributed by atoms with Gasteiger partial charge in [-0.05, 0) is 6.42 Å². The minimum atomic E-state index is -1.17. The summed E-state index contributed by atoms with van der Waals surface area (Å²) in [7, 11) is 0. The number of nitrogens with zero attached hydrogens (tertiary/aromatic N) is 1. The average molecular weight is 330 g/mol. The molecule has 0 spiro atoms. The fourth-order valence-electron chi connectivity index (χ4n) is 1.97. The number of thioether (sulfide) groups is 1. The van der Waals surface area contributed by atoms with Crippen LogP contribution in [0.4, 0.5) is 0 Å². The molecule has 1 aliphatic heterocycles. The van der Waals surface area contributed by atoms with E-state index >= 15 is 0 Å². The zero-order valence-corrected chi connectivity index (χ0v) is 13.4. The van der Waals surface area contributed by atoms with Gasteiger partial charge in [0.2, 0.25) is 11.8 Å². The highest BCUT2D eigenvalue weighted by atomic mass is 32.2. The van der Waals surface area contributed by atoms with E-state index in [1.807, 2.05) is 6.92 Å². The number of amides is 2. The molecule has 0 aliphatic carbocycles. The summed E-state index contributed by atoms with van der Waals surface area (Å²) in [6.07, 6.45) is 2.59. The first-order chi connectivity index (χ1) is 10.5. The van der Waals surface area contributed by atoms with E-state index in [2.05, 4.69) is 11.9 Å². The predicted octanol–water partition coefficient (Wildman–Crippen LogP) is 0.460. The van der Waals surface area contributed by atoms with Gasteiger partial charge in [-0.1, -0.05) is 13.0 Å². The van der Waals surface area contributed by atoms with Crippen LogP contribution in [-0.2, 0) is 19.1 Å². The Morgan fingerprint density at radius 3 is 2.86 bits per heavy atom. The van der Waals surface area contributed by atoms with Gasteiger partial charge in [0.15, 0.2) is 6.04 Å². The molecule has 0 radical (unpaired) electrons. The minimum absolute atomic E-state index is 0.0811. The number of carboxylic acid groups (broad SMARTS) is 1. The van der Waals surface area contributed by atoms with Gasteiger partial charge in [0.05, 0.1) is 19.1 Å². The van der Waals surface area contributed by atoms with E-state index in [1.165, 1.54) is 22.7 Å². The molecule has 124 valence electrons. The molecule has 2 atom stereocenters. The Balaban J connectivity index is 2.62. The quantitative estimate of drug-likeness (QED) is 0.471. The molecule has 22 heavy (non-hydrogen) atoms. The van der Waals surface area contributed by atoms with Crippen LogP contribution in [0.2, 0.25) is 0 Å². The first kappa shape index (κ1) is 18.5. The summed E-state index contributed by atoms with van der Waals surface area (Å²) in [4.78, 5) is 36.9. The van der Waals surface area contributed by atoms with Crippen molar-refractivity contribution in [3.8, 4) is 0 Å². The van der Waals surface area contributed by atoms with Gasteiger partial charge in [-0.3, -0.25) is 9.59 Å². The molecular formula is C14H22N2O5S. The SMILES string of the molecule is C=CCOCC(NC(=O)C1CSCN1C(=O)CCC)C(=O)O. The molecule has 1 saturated heterocycles. The smallest absolute Gasteiger partial charge is 0.328 e. The molecule has 1 rings (SSSR count). The Kier molecular flexibility index (Phi) is 7.97. The maximum absolute atomic E-state index is 12.3. The Morgan fingerprint density at radius 1 is 1.55 bits per heavy atom. The molecule has 1 aliphatic rings. The molecule has 1 heterocycles. The van der Waals surface area contributed by atoms with Crippen LogP contribution in [0, 0.1) is 0 Å². The number of carboxylic acids is 1. The van der Waals surface area contributed by atoms with Gasteiger partial charge in [0.25, 0.3) is 0 Å². The highest BCUT2D eigenvalue weighted by Crippen LogP contribution is 2.22. The molecule has 2 unspecified atom stereocenters. The van der Waals surface area contributed by atoms with Crippen molar-refractivity contribution < 1.29 is 24.2 Å². The molecular weight excluding hydrogens is 308 g/mol. The number of aliphatic carboxylic acids is 1. The van der Waals surface area contributed by atoms with Gasteiger partial charge in [-0.15, -0.1) is 18.3 Å². The van der Waals surface area contributed by atoms with Crippen LogP contribution in [0.5, 0.6) is 0 Å². The van der Waals surface area contributed by atoms with Crippen LogP contribution in [-0.4, -0.2) is 64.7 Å². The lowest BCUT2D eigenvalue weighted by Gasteiger charge is -2.24. The van der Waals surface area contributed by atoms with E-state index in [4.69, 9.17) is 9.84 Å². The van der Waals surface area contributed by atoms with Crippen molar-refractivity contribution in [1.82, 2.24) is 10.2 Å². The maximum Gasteiger partial charge on any atom is 0.328 e. The number of nitrogens with one attached hydrogen (secondary N) is 1. The van der Waals surface area contributed by atoms with Crippen LogP contribution < -0.4 is 5.32 Å². The third kappa shape index (κ3) is 5.34. The summed E-state index contributed by atoms with van der Waals surface area (Å²) >= 11 is 1.48. The third-order valence-electron chi connectivity index (χ3n) is 3.10. The molecule has 8 heteroatoms. The second kappa shape index (κ2) is 9.47. The highest BCUT2D eigenvalue weighted by Gasteiger charge is 2.35. The number of rotatable bonds is 9. The third-order valence-corrected chi connectivity index (χ3v) is 4.12. The van der Waals surface area contributed by atoms with Crippen molar-refractivity contribution in [1.29, 1.82) is 0 Å². The summed E-state index contributed by atoms with van der Waals surface area (Å²) in [6.45, 7) is 5.43. The van der Waals surface area contributed by atoms with E-state index < -0.39 is 24.0 Å². The van der Waals surface area contributed by atoms with Crippen molar-refractivity contribution in [2.75, 3.05) is 24.8 Å². The van der Waals surface area contributed by atoms with Crippen LogP contribution >= 0.6 is 11.8 Å². The summed E-state index contributed by atoms with van der Waals surface area (Å²) < 4.78 is 5.08. The normalized spacial score (nSPS) is 18.8. The number of ether oxygens (including phenoxy) is 1. The van der Waals surface area contributed by atoms with Crippen LogP contribution in [0.1, 0.15) is 19.8 Å². The molecule has 2 amide bonds. The maximum atomic E-state index is 12.3. The molecule has 1 fully saturated rings. The fourth-order valence-corrected chi connectivity index (χ4v) is 3.16. The molecule has 0 saturated carbocycles. The first-order valence-corrected chi connectivity index (χ1v) is 8.25. The lowest BCUT2D eigenvalue weighted by molar-refractivity contribution is -0.145. The second-order valence-corrected chi connectivity index (χ2v) is 5.85. The van der Waals surface area contributed by atoms with E-state index in [9.17, 15) is 14.4 Å². The standard InChI is InChI=1S/C14H22N2O5S/c1-3-5-12(17)16-9-22-8-11(16)13(18)15-10(14(19)20)7-21-6-4-2/h4,10-11H,2-3,5-9H2,1H3,(H,15,18)(H,19,20). The monoisotopic (exact) mass is 330 g/mol. The zero-order chi connectivity index (χ0) is 16.5. The van der Waals surface area contributed by atoms with E-state index in [0.717, 1.165) is 0 Å². The Morgan fingerprint density at radius 2 is 2.27 bits per heavy atom. The predicted molar refractivity (Wildman–Crippen MR) is 83.4 cm³/mol. The average Bonchev–Trinajstić information content (AvgIpc) is 2.96. The lowest BCUT2D eigenvalue weighted by Crippen LogP contribution is -2.53. The fraction of sp³-hybridized carbons (Fsp3) is 0.643. The van der Waals surface area contributed by atoms with Crippen molar-refractivity contribution >= 4 is 29.5 Å². The van der Waals surface area contributed by atoms with E-state index in [-0.39, 0.29) is 19.1 Å². The Hall–Kier alpha value is -1.54. The van der Waals surface area contributed by atoms with Crippen LogP contribution in [0.15, 0.2) is 12.7 Å². The number of carbonyl (C=O) groups is 3. The lowest BCUT2D eigenvalue weighted by atomic mass is 10.2. The molecule has 0 aromatic rings. The number of hydrogen-bond donors (Lipinski definition) is 2.